The molecule has 5 rings (SSSR count). The number of nitrogens with one attached hydrogen (secondary N) is 1. The average molecular weight is 409 g/mol. The molecule has 0 radical (unpaired) electrons. The van der Waals surface area contributed by atoms with Crippen molar-refractivity contribution in [1.82, 2.24) is 9.97 Å². The molecule has 0 spiro atoms. The maximum atomic E-state index is 9.39. The Labute approximate surface area is 181 Å². The van der Waals surface area contributed by atoms with E-state index in [1.165, 1.54) is 11.1 Å². The van der Waals surface area contributed by atoms with Crippen LogP contribution < -0.4 is 15.0 Å². The van der Waals surface area contributed by atoms with E-state index in [0.29, 0.717) is 30.4 Å². The van der Waals surface area contributed by atoms with Gasteiger partial charge in [0.2, 0.25) is 5.95 Å². The van der Waals surface area contributed by atoms with Crippen molar-refractivity contribution in [3.8, 4) is 11.8 Å². The van der Waals surface area contributed by atoms with Gasteiger partial charge in [0.15, 0.2) is 0 Å². The summed E-state index contributed by atoms with van der Waals surface area (Å²) in [5.74, 6) is 2.33. The molecule has 2 aliphatic rings. The van der Waals surface area contributed by atoms with Crippen molar-refractivity contribution >= 4 is 17.5 Å². The molecule has 154 valence electrons. The zero-order chi connectivity index (χ0) is 21.2. The molecule has 1 aliphatic heterocycles. The van der Waals surface area contributed by atoms with Crippen LogP contribution in [0.15, 0.2) is 60.7 Å². The summed E-state index contributed by atoms with van der Waals surface area (Å²) in [4.78, 5) is 12.0. The summed E-state index contributed by atoms with van der Waals surface area (Å²) in [7, 11) is 2.06. The van der Waals surface area contributed by atoms with Gasteiger partial charge in [-0.1, -0.05) is 36.4 Å². The van der Waals surface area contributed by atoms with Crippen LogP contribution in [0.5, 0.6) is 5.75 Å². The summed E-state index contributed by atoms with van der Waals surface area (Å²) < 4.78 is 5.82. The van der Waals surface area contributed by atoms with Crippen molar-refractivity contribution in [2.75, 3.05) is 30.4 Å². The molecule has 0 saturated heterocycles. The summed E-state index contributed by atoms with van der Waals surface area (Å²) in [6.07, 6.45) is 6.04. The second-order valence-electron chi connectivity index (χ2n) is 7.85. The van der Waals surface area contributed by atoms with Crippen LogP contribution in [0.3, 0.4) is 0 Å². The first-order valence-electron chi connectivity index (χ1n) is 10.5. The molecule has 31 heavy (non-hydrogen) atoms. The van der Waals surface area contributed by atoms with E-state index in [4.69, 9.17) is 14.7 Å². The standard InChI is InChI=1S/C25H23N5O/c1-30-13-5-6-14-31-22-15-19(10-9-18(22)16-26)27-25-28-23-20(17-7-3-2-4-8-17)11-12-21(23)24(30)29-25/h2-10,15,20H,11-14H2,1H3,(H,27,28,29)/b6-5+. The topological polar surface area (TPSA) is 74.1 Å². The average Bonchev–Trinajstić information content (AvgIpc) is 3.22. The molecule has 1 N–H and O–H groups in total. The van der Waals surface area contributed by atoms with E-state index in [1.807, 2.05) is 24.3 Å². The number of nitrogens with zero attached hydrogens (tertiary/aromatic N) is 4. The molecule has 0 saturated carbocycles. The quantitative estimate of drug-likeness (QED) is 0.594. The van der Waals surface area contributed by atoms with Gasteiger partial charge < -0.3 is 15.0 Å². The third-order valence-electron chi connectivity index (χ3n) is 5.83. The Balaban J connectivity index is 1.62. The van der Waals surface area contributed by atoms with Crippen molar-refractivity contribution in [2.24, 2.45) is 0 Å². The fourth-order valence-electron chi connectivity index (χ4n) is 4.29. The first kappa shape index (κ1) is 19.1. The molecular weight excluding hydrogens is 386 g/mol. The van der Waals surface area contributed by atoms with Crippen molar-refractivity contribution in [3.05, 3.63) is 83.1 Å². The number of hydrogen-bond acceptors (Lipinski definition) is 6. The van der Waals surface area contributed by atoms with Crippen LogP contribution in [0.2, 0.25) is 0 Å². The molecule has 3 aromatic rings. The van der Waals surface area contributed by atoms with Gasteiger partial charge in [0.05, 0.1) is 11.3 Å². The van der Waals surface area contributed by atoms with Gasteiger partial charge >= 0.3 is 0 Å². The molecule has 2 heterocycles. The monoisotopic (exact) mass is 409 g/mol. The molecule has 4 bridgehead atoms. The molecule has 1 unspecified atom stereocenters. The molecule has 6 heteroatoms. The highest BCUT2D eigenvalue weighted by atomic mass is 16.5. The summed E-state index contributed by atoms with van der Waals surface area (Å²) in [6, 6.07) is 18.2. The minimum atomic E-state index is 0.262. The lowest BCUT2D eigenvalue weighted by atomic mass is 9.97. The summed E-state index contributed by atoms with van der Waals surface area (Å²) in [6.45, 7) is 1.12. The molecule has 6 nitrogen and oxygen atoms in total. The van der Waals surface area contributed by atoms with Crippen LogP contribution in [-0.2, 0) is 6.42 Å². The van der Waals surface area contributed by atoms with Gasteiger partial charge in [0, 0.05) is 36.8 Å². The Morgan fingerprint density at radius 3 is 2.84 bits per heavy atom. The summed E-state index contributed by atoms with van der Waals surface area (Å²) in [5, 5.41) is 12.7. The van der Waals surface area contributed by atoms with Gasteiger partial charge in [-0.3, -0.25) is 0 Å². The van der Waals surface area contributed by atoms with Crippen LogP contribution in [0.4, 0.5) is 17.5 Å². The molecular formula is C25H23N5O. The van der Waals surface area contributed by atoms with Gasteiger partial charge in [-0.05, 0) is 36.6 Å². The predicted molar refractivity (Wildman–Crippen MR) is 121 cm³/mol. The number of anilines is 3. The van der Waals surface area contributed by atoms with Gasteiger partial charge in [-0.25, -0.2) is 4.98 Å². The Kier molecular flexibility index (Phi) is 5.01. The number of hydrogen-bond donors (Lipinski definition) is 1. The molecule has 1 aliphatic carbocycles. The van der Waals surface area contributed by atoms with Crippen molar-refractivity contribution in [1.29, 1.82) is 5.26 Å². The highest BCUT2D eigenvalue weighted by Crippen LogP contribution is 2.41. The lowest BCUT2D eigenvalue weighted by Gasteiger charge is -2.21. The van der Waals surface area contributed by atoms with E-state index in [1.54, 1.807) is 6.07 Å². The fraction of sp³-hybridized carbons (Fsp3) is 0.240. The first-order chi connectivity index (χ1) is 15.2. The van der Waals surface area contributed by atoms with E-state index in [9.17, 15) is 5.26 Å². The largest absolute Gasteiger partial charge is 0.488 e. The molecule has 1 aromatic heterocycles. The van der Waals surface area contributed by atoms with Gasteiger partial charge in [0.1, 0.15) is 24.2 Å². The number of nitriles is 1. The van der Waals surface area contributed by atoms with E-state index in [-0.39, 0.29) is 5.92 Å². The minimum absolute atomic E-state index is 0.262. The number of rotatable bonds is 1. The van der Waals surface area contributed by atoms with Crippen molar-refractivity contribution in [2.45, 2.75) is 18.8 Å². The Bertz CT molecular complexity index is 1180. The number of likely N-dealkylation sites (N-methyl/N-ethyl adjacent to an activating group) is 1. The SMILES string of the molecule is CN1C/C=C/COc2cc(ccc2C#N)Nc2nc3c(c1n2)CCC3c1ccccc1. The first-order valence-corrected chi connectivity index (χ1v) is 10.5. The molecule has 2 aromatic carbocycles. The maximum absolute atomic E-state index is 9.39. The smallest absolute Gasteiger partial charge is 0.229 e. The van der Waals surface area contributed by atoms with E-state index in [2.05, 4.69) is 53.7 Å². The van der Waals surface area contributed by atoms with Gasteiger partial charge in [-0.2, -0.15) is 10.2 Å². The summed E-state index contributed by atoms with van der Waals surface area (Å²) in [5.41, 5.74) is 4.90. The third kappa shape index (κ3) is 3.71. The van der Waals surface area contributed by atoms with E-state index in [0.717, 1.165) is 30.0 Å². The van der Waals surface area contributed by atoms with Gasteiger partial charge in [-0.15, -0.1) is 0 Å². The second-order valence-corrected chi connectivity index (χ2v) is 7.85. The van der Waals surface area contributed by atoms with E-state index >= 15 is 0 Å². The number of fused-ring (bicyclic) bond motifs is 6. The lowest BCUT2D eigenvalue weighted by Crippen LogP contribution is -2.21. The van der Waals surface area contributed by atoms with Crippen LogP contribution in [0.1, 0.15) is 34.7 Å². The molecule has 0 amide bonds. The van der Waals surface area contributed by atoms with Crippen LogP contribution >= 0.6 is 0 Å². The predicted octanol–water partition coefficient (Wildman–Crippen LogP) is 4.55. The Hall–Kier alpha value is -3.85. The normalized spacial score (nSPS) is 18.3. The number of ether oxygens (including phenoxy) is 1. The lowest BCUT2D eigenvalue weighted by molar-refractivity contribution is 0.362. The summed E-state index contributed by atoms with van der Waals surface area (Å²) >= 11 is 0. The highest BCUT2D eigenvalue weighted by Gasteiger charge is 2.30. The fourth-order valence-corrected chi connectivity index (χ4v) is 4.29. The second kappa shape index (κ2) is 8.11. The van der Waals surface area contributed by atoms with Crippen LogP contribution in [-0.4, -0.2) is 30.2 Å². The molecule has 1 atom stereocenters. The minimum Gasteiger partial charge on any atom is -0.488 e. The van der Waals surface area contributed by atoms with Crippen molar-refractivity contribution < 1.29 is 4.74 Å². The number of benzene rings is 2. The van der Waals surface area contributed by atoms with Gasteiger partial charge in [0.25, 0.3) is 0 Å². The van der Waals surface area contributed by atoms with E-state index < -0.39 is 0 Å². The van der Waals surface area contributed by atoms with Crippen molar-refractivity contribution in [3.63, 3.8) is 0 Å². The third-order valence-corrected chi connectivity index (χ3v) is 5.83. The Morgan fingerprint density at radius 2 is 2.00 bits per heavy atom. The zero-order valence-electron chi connectivity index (χ0n) is 17.4. The maximum Gasteiger partial charge on any atom is 0.229 e. The number of aromatic nitrogens is 2. The molecule has 0 fully saturated rings. The van der Waals surface area contributed by atoms with Crippen LogP contribution in [0.25, 0.3) is 0 Å². The Morgan fingerprint density at radius 1 is 1.13 bits per heavy atom. The van der Waals surface area contributed by atoms with Crippen LogP contribution in [0, 0.1) is 11.3 Å². The highest BCUT2D eigenvalue weighted by molar-refractivity contribution is 5.63. The zero-order valence-corrected chi connectivity index (χ0v) is 17.4.